The van der Waals surface area contributed by atoms with Gasteiger partial charge in [-0.3, -0.25) is 14.9 Å². The second kappa shape index (κ2) is 7.74. The largest absolute Gasteiger partial charge is 0.497 e. The summed E-state index contributed by atoms with van der Waals surface area (Å²) in [6.07, 6.45) is 0.832. The molecule has 2 aromatic rings. The summed E-state index contributed by atoms with van der Waals surface area (Å²) in [5, 5.41) is 4.88. The SMILES string of the molecule is COc1ccc(OC)c(-c2csc(NC(=O)COC(=O)[C@@H]3C[C@H]3C)n2)c1. The van der Waals surface area contributed by atoms with Crippen LogP contribution in [0.4, 0.5) is 5.13 Å². The van der Waals surface area contributed by atoms with E-state index in [4.69, 9.17) is 14.2 Å². The lowest BCUT2D eigenvalue weighted by molar-refractivity contribution is -0.148. The molecular formula is C18H20N2O5S. The number of amides is 1. The van der Waals surface area contributed by atoms with E-state index < -0.39 is 5.91 Å². The van der Waals surface area contributed by atoms with Gasteiger partial charge in [0.1, 0.15) is 11.5 Å². The van der Waals surface area contributed by atoms with Crippen molar-refractivity contribution >= 4 is 28.3 Å². The molecule has 1 amide bonds. The van der Waals surface area contributed by atoms with Crippen molar-refractivity contribution in [2.45, 2.75) is 13.3 Å². The number of methoxy groups -OCH3 is 2. The van der Waals surface area contributed by atoms with Gasteiger partial charge < -0.3 is 14.2 Å². The number of ether oxygens (including phenoxy) is 3. The first-order valence-electron chi connectivity index (χ1n) is 8.16. The minimum Gasteiger partial charge on any atom is -0.497 e. The number of thiazole rings is 1. The number of anilines is 1. The highest BCUT2D eigenvalue weighted by Crippen LogP contribution is 2.38. The highest BCUT2D eigenvalue weighted by atomic mass is 32.1. The molecule has 1 aromatic heterocycles. The standard InChI is InChI=1S/C18H20N2O5S/c1-10-6-12(10)17(22)25-8-16(21)20-18-19-14(9-26-18)13-7-11(23-2)4-5-15(13)24-3/h4-5,7,9-10,12H,6,8H2,1-3H3,(H,19,20,21)/t10-,12-/m1/s1. The smallest absolute Gasteiger partial charge is 0.309 e. The molecule has 0 radical (unpaired) electrons. The molecule has 1 aliphatic rings. The normalized spacial score (nSPS) is 18.1. The van der Waals surface area contributed by atoms with Crippen molar-refractivity contribution in [2.75, 3.05) is 26.1 Å². The van der Waals surface area contributed by atoms with Crippen LogP contribution in [0.1, 0.15) is 13.3 Å². The van der Waals surface area contributed by atoms with Crippen molar-refractivity contribution in [3.05, 3.63) is 23.6 Å². The fourth-order valence-electron chi connectivity index (χ4n) is 2.52. The number of nitrogens with zero attached hydrogens (tertiary/aromatic N) is 1. The van der Waals surface area contributed by atoms with E-state index in [0.717, 1.165) is 12.0 Å². The van der Waals surface area contributed by atoms with Crippen molar-refractivity contribution in [1.82, 2.24) is 4.98 Å². The molecule has 1 heterocycles. The minimum atomic E-state index is -0.412. The second-order valence-corrected chi connectivity index (χ2v) is 6.94. The average molecular weight is 376 g/mol. The third-order valence-electron chi connectivity index (χ3n) is 4.19. The number of aromatic nitrogens is 1. The molecule has 26 heavy (non-hydrogen) atoms. The van der Waals surface area contributed by atoms with E-state index in [0.29, 0.717) is 28.2 Å². The molecular weight excluding hydrogens is 356 g/mol. The zero-order valence-corrected chi connectivity index (χ0v) is 15.6. The first-order valence-corrected chi connectivity index (χ1v) is 9.04. The molecule has 8 heteroatoms. The van der Waals surface area contributed by atoms with E-state index >= 15 is 0 Å². The van der Waals surface area contributed by atoms with Gasteiger partial charge in [-0.05, 0) is 30.5 Å². The Kier molecular flexibility index (Phi) is 5.41. The lowest BCUT2D eigenvalue weighted by Gasteiger charge is -2.08. The zero-order chi connectivity index (χ0) is 18.7. The number of carbonyl (C=O) groups is 2. The maximum atomic E-state index is 11.9. The maximum absolute atomic E-state index is 11.9. The molecule has 0 spiro atoms. The number of esters is 1. The van der Waals surface area contributed by atoms with Gasteiger partial charge in [0.2, 0.25) is 0 Å². The summed E-state index contributed by atoms with van der Waals surface area (Å²) in [4.78, 5) is 28.0. The van der Waals surface area contributed by atoms with Crippen molar-refractivity contribution < 1.29 is 23.8 Å². The molecule has 0 saturated heterocycles. The van der Waals surface area contributed by atoms with Gasteiger partial charge >= 0.3 is 5.97 Å². The maximum Gasteiger partial charge on any atom is 0.309 e. The molecule has 1 fully saturated rings. The van der Waals surface area contributed by atoms with E-state index in [1.807, 2.05) is 18.4 Å². The van der Waals surface area contributed by atoms with Crippen LogP contribution in [-0.2, 0) is 14.3 Å². The van der Waals surface area contributed by atoms with Gasteiger partial charge in [0, 0.05) is 10.9 Å². The Morgan fingerprint density at radius 1 is 1.31 bits per heavy atom. The van der Waals surface area contributed by atoms with E-state index in [2.05, 4.69) is 10.3 Å². The third-order valence-corrected chi connectivity index (χ3v) is 4.95. The number of hydrogen-bond acceptors (Lipinski definition) is 7. The van der Waals surface area contributed by atoms with Gasteiger partial charge in [0.25, 0.3) is 5.91 Å². The van der Waals surface area contributed by atoms with Gasteiger partial charge in [-0.1, -0.05) is 6.92 Å². The summed E-state index contributed by atoms with van der Waals surface area (Å²) in [7, 11) is 3.16. The highest BCUT2D eigenvalue weighted by molar-refractivity contribution is 7.14. The third kappa shape index (κ3) is 4.13. The fourth-order valence-corrected chi connectivity index (χ4v) is 3.25. The van der Waals surface area contributed by atoms with Gasteiger partial charge in [0.15, 0.2) is 11.7 Å². The van der Waals surface area contributed by atoms with Gasteiger partial charge in [0.05, 0.1) is 25.8 Å². The van der Waals surface area contributed by atoms with Crippen molar-refractivity contribution in [3.8, 4) is 22.8 Å². The molecule has 0 aliphatic heterocycles. The van der Waals surface area contributed by atoms with Crippen LogP contribution in [0.25, 0.3) is 11.3 Å². The Labute approximate surface area is 155 Å². The quantitative estimate of drug-likeness (QED) is 0.748. The summed E-state index contributed by atoms with van der Waals surface area (Å²) in [5.41, 5.74) is 1.42. The van der Waals surface area contributed by atoms with Crippen molar-refractivity contribution in [3.63, 3.8) is 0 Å². The summed E-state index contributed by atoms with van der Waals surface area (Å²) < 4.78 is 15.6. The number of benzene rings is 1. The molecule has 1 saturated carbocycles. The second-order valence-electron chi connectivity index (χ2n) is 6.08. The Bertz CT molecular complexity index is 820. The van der Waals surface area contributed by atoms with Crippen molar-refractivity contribution in [2.24, 2.45) is 11.8 Å². The molecule has 2 atom stereocenters. The summed E-state index contributed by atoms with van der Waals surface area (Å²) in [6.45, 7) is 1.68. The first-order chi connectivity index (χ1) is 12.5. The Morgan fingerprint density at radius 3 is 2.73 bits per heavy atom. The molecule has 138 valence electrons. The monoisotopic (exact) mass is 376 g/mol. The van der Waals surface area contributed by atoms with E-state index in [-0.39, 0.29) is 18.5 Å². The molecule has 1 N–H and O–H groups in total. The van der Waals surface area contributed by atoms with E-state index in [1.54, 1.807) is 26.4 Å². The molecule has 1 aliphatic carbocycles. The van der Waals surface area contributed by atoms with E-state index in [1.165, 1.54) is 11.3 Å². The van der Waals surface area contributed by atoms with Crippen LogP contribution in [0.2, 0.25) is 0 Å². The van der Waals surface area contributed by atoms with E-state index in [9.17, 15) is 9.59 Å². The summed E-state index contributed by atoms with van der Waals surface area (Å²) >= 11 is 1.28. The van der Waals surface area contributed by atoms with Crippen LogP contribution in [0.15, 0.2) is 23.6 Å². The van der Waals surface area contributed by atoms with Crippen LogP contribution >= 0.6 is 11.3 Å². The molecule has 3 rings (SSSR count). The number of nitrogens with one attached hydrogen (secondary N) is 1. The topological polar surface area (TPSA) is 86.8 Å². The van der Waals surface area contributed by atoms with Crippen LogP contribution < -0.4 is 14.8 Å². The minimum absolute atomic E-state index is 0.0604. The zero-order valence-electron chi connectivity index (χ0n) is 14.8. The lowest BCUT2D eigenvalue weighted by Crippen LogP contribution is -2.21. The molecule has 1 aromatic carbocycles. The Morgan fingerprint density at radius 2 is 2.08 bits per heavy atom. The fraction of sp³-hybridized carbons (Fsp3) is 0.389. The Balaban J connectivity index is 1.62. The first kappa shape index (κ1) is 18.2. The van der Waals surface area contributed by atoms with Gasteiger partial charge in [-0.2, -0.15) is 0 Å². The number of hydrogen-bond donors (Lipinski definition) is 1. The van der Waals surface area contributed by atoms with Crippen LogP contribution in [-0.4, -0.2) is 37.7 Å². The predicted molar refractivity (Wildman–Crippen MR) is 97.5 cm³/mol. The van der Waals surface area contributed by atoms with Crippen molar-refractivity contribution in [1.29, 1.82) is 0 Å². The lowest BCUT2D eigenvalue weighted by atomic mass is 10.1. The van der Waals surface area contributed by atoms with Gasteiger partial charge in [-0.25, -0.2) is 4.98 Å². The molecule has 7 nitrogen and oxygen atoms in total. The number of carbonyl (C=O) groups excluding carboxylic acids is 2. The Hall–Kier alpha value is -2.61. The summed E-state index contributed by atoms with van der Waals surface area (Å²) in [5.74, 6) is 0.903. The summed E-state index contributed by atoms with van der Waals surface area (Å²) in [6, 6.07) is 5.41. The van der Waals surface area contributed by atoms with Crippen LogP contribution in [0, 0.1) is 11.8 Å². The number of rotatable bonds is 7. The average Bonchev–Trinajstić information content (AvgIpc) is 3.20. The highest BCUT2D eigenvalue weighted by Gasteiger charge is 2.40. The molecule has 0 unspecified atom stereocenters. The predicted octanol–water partition coefficient (Wildman–Crippen LogP) is 2.97. The van der Waals surface area contributed by atoms with Crippen LogP contribution in [0.5, 0.6) is 11.5 Å². The van der Waals surface area contributed by atoms with Crippen LogP contribution in [0.3, 0.4) is 0 Å². The molecule has 0 bridgehead atoms. The van der Waals surface area contributed by atoms with Gasteiger partial charge in [-0.15, -0.1) is 11.3 Å².